The van der Waals surface area contributed by atoms with E-state index in [1.165, 1.54) is 6.92 Å². The van der Waals surface area contributed by atoms with Crippen LogP contribution in [0.3, 0.4) is 0 Å². The summed E-state index contributed by atoms with van der Waals surface area (Å²) < 4.78 is 30.7. The fourth-order valence-corrected chi connectivity index (χ4v) is 14.3. The fraction of sp³-hybridized carbons (Fsp3) is 0.973. The van der Waals surface area contributed by atoms with Crippen LogP contribution in [0.1, 0.15) is 107 Å². The van der Waals surface area contributed by atoms with Gasteiger partial charge >= 0.3 is 5.97 Å². The molecule has 272 valence electrons. The summed E-state index contributed by atoms with van der Waals surface area (Å²) in [5.41, 5.74) is -1.77. The first kappa shape index (κ1) is 34.2. The van der Waals surface area contributed by atoms with Crippen molar-refractivity contribution in [2.75, 3.05) is 6.61 Å². The summed E-state index contributed by atoms with van der Waals surface area (Å²) in [6, 6.07) is 0. The summed E-state index contributed by atoms with van der Waals surface area (Å²) in [7, 11) is 0. The maximum atomic E-state index is 12.8. The minimum atomic E-state index is -1.91. The highest BCUT2D eigenvalue weighted by atomic mass is 16.8. The molecule has 3 heterocycles. The second kappa shape index (κ2) is 9.95. The smallest absolute Gasteiger partial charge is 0.305 e. The Kier molecular flexibility index (Phi) is 7.09. The molecule has 2 spiro atoms. The third-order valence-electron chi connectivity index (χ3n) is 16.3. The molecule has 11 nitrogen and oxygen atoms in total. The lowest BCUT2D eigenvalue weighted by Crippen LogP contribution is -2.64. The molecular formula is C37H58O11. The molecule has 3 saturated heterocycles. The van der Waals surface area contributed by atoms with E-state index >= 15 is 0 Å². The van der Waals surface area contributed by atoms with Crippen LogP contribution >= 0.6 is 0 Å². The van der Waals surface area contributed by atoms with Crippen LogP contribution in [0.15, 0.2) is 0 Å². The average molecular weight is 679 g/mol. The molecule has 0 aromatic heterocycles. The van der Waals surface area contributed by atoms with Crippen molar-refractivity contribution in [2.24, 2.45) is 50.7 Å². The summed E-state index contributed by atoms with van der Waals surface area (Å²) in [5.74, 6) is -3.82. The first-order chi connectivity index (χ1) is 22.2. The zero-order valence-corrected chi connectivity index (χ0v) is 29.9. The van der Waals surface area contributed by atoms with E-state index in [9.17, 15) is 30.3 Å². The van der Waals surface area contributed by atoms with Gasteiger partial charge in [0.1, 0.15) is 24.4 Å². The highest BCUT2D eigenvalue weighted by Crippen LogP contribution is 2.90. The van der Waals surface area contributed by atoms with Gasteiger partial charge in [0.2, 0.25) is 11.6 Å². The van der Waals surface area contributed by atoms with Crippen LogP contribution in [0, 0.1) is 50.7 Å². The Morgan fingerprint density at radius 3 is 2.17 bits per heavy atom. The quantitative estimate of drug-likeness (QED) is 0.169. The number of ether oxygens (including phenoxy) is 5. The Bertz CT molecular complexity index is 1370. The van der Waals surface area contributed by atoms with Crippen LogP contribution in [-0.2, 0) is 28.5 Å². The number of fused-ring (bicyclic) bond motifs is 4. The number of carbonyl (C=O) groups excluding carboxylic acids is 1. The second-order valence-corrected chi connectivity index (χ2v) is 19.0. The Balaban J connectivity index is 1.09. The van der Waals surface area contributed by atoms with Gasteiger partial charge in [0.25, 0.3) is 0 Å². The van der Waals surface area contributed by atoms with Crippen molar-refractivity contribution in [3.8, 4) is 0 Å². The monoisotopic (exact) mass is 678 g/mol. The predicted octanol–water partition coefficient (Wildman–Crippen LogP) is 3.01. The minimum absolute atomic E-state index is 0.0240. The molecule has 3 aliphatic heterocycles. The Hall–Kier alpha value is -0.890. The lowest BCUT2D eigenvalue weighted by Gasteiger charge is -2.63. The molecule has 0 aromatic rings. The van der Waals surface area contributed by atoms with Crippen molar-refractivity contribution in [1.29, 1.82) is 0 Å². The number of esters is 1. The molecule has 8 aliphatic rings. The van der Waals surface area contributed by atoms with Crippen LogP contribution < -0.4 is 0 Å². The second-order valence-electron chi connectivity index (χ2n) is 19.0. The Morgan fingerprint density at radius 2 is 1.52 bits per heavy atom. The number of aliphatic hydroxyl groups is 5. The van der Waals surface area contributed by atoms with Gasteiger partial charge in [-0.05, 0) is 98.2 Å². The van der Waals surface area contributed by atoms with E-state index in [0.717, 1.165) is 44.9 Å². The van der Waals surface area contributed by atoms with Gasteiger partial charge in [0.05, 0.1) is 18.3 Å². The molecule has 0 bridgehead atoms. The maximum Gasteiger partial charge on any atom is 0.305 e. The predicted molar refractivity (Wildman–Crippen MR) is 170 cm³/mol. The molecule has 5 aliphatic carbocycles. The summed E-state index contributed by atoms with van der Waals surface area (Å²) in [6.45, 7) is 16.2. The molecule has 48 heavy (non-hydrogen) atoms. The molecule has 17 atom stereocenters. The van der Waals surface area contributed by atoms with Gasteiger partial charge in [-0.15, -0.1) is 0 Å². The van der Waals surface area contributed by atoms with Gasteiger partial charge < -0.3 is 49.2 Å². The van der Waals surface area contributed by atoms with Crippen molar-refractivity contribution < 1.29 is 54.0 Å². The number of hydrogen-bond acceptors (Lipinski definition) is 11. The number of hydrogen-bond donors (Lipinski definition) is 5. The van der Waals surface area contributed by atoms with Gasteiger partial charge in [-0.1, -0.05) is 34.6 Å². The molecule has 0 aromatic carbocycles. The van der Waals surface area contributed by atoms with Gasteiger partial charge in [-0.2, -0.15) is 0 Å². The van der Waals surface area contributed by atoms with E-state index in [1.54, 1.807) is 0 Å². The van der Waals surface area contributed by atoms with Crippen molar-refractivity contribution in [1.82, 2.24) is 0 Å². The van der Waals surface area contributed by atoms with Crippen molar-refractivity contribution in [2.45, 2.75) is 167 Å². The summed E-state index contributed by atoms with van der Waals surface area (Å²) in [4.78, 5) is 12.5. The van der Waals surface area contributed by atoms with Crippen LogP contribution in [0.2, 0.25) is 0 Å². The Labute approximate surface area is 284 Å². The Morgan fingerprint density at radius 1 is 0.875 bits per heavy atom. The standard InChI is InChI=1S/C37H58O11/c1-18-15-36(46-19(2)38,29-31(5,6)47-29)48-37(43)26(18)32(7)13-14-35-17-34(35)12-11-23(45-27-25(41)24(40)20(39)16-44-27)30(3,4)21(34)9-10-22(35)33(32,8)28(37)42/h18,20-29,39-43H,9-17H2,1-8H3/t18-,20+,21+,22+,23+,24+,25-,26-,27-,28-,29+,32-,33-,34-,35+,36+,37+/m1/s1. The molecular weight excluding hydrogens is 620 g/mol. The molecule has 5 saturated carbocycles. The largest absolute Gasteiger partial charge is 0.430 e. The van der Waals surface area contributed by atoms with Gasteiger partial charge in [-0.25, -0.2) is 0 Å². The van der Waals surface area contributed by atoms with E-state index < -0.39 is 70.8 Å². The van der Waals surface area contributed by atoms with E-state index in [1.807, 2.05) is 13.8 Å². The van der Waals surface area contributed by atoms with Gasteiger partial charge in [0.15, 0.2) is 12.4 Å². The maximum absolute atomic E-state index is 12.8. The molecule has 5 N–H and O–H groups in total. The van der Waals surface area contributed by atoms with Crippen molar-refractivity contribution in [3.05, 3.63) is 0 Å². The van der Waals surface area contributed by atoms with Gasteiger partial charge in [-0.3, -0.25) is 4.79 Å². The number of epoxide rings is 1. The molecule has 0 unspecified atom stereocenters. The van der Waals surface area contributed by atoms with E-state index in [4.69, 9.17) is 23.7 Å². The number of rotatable bonds is 4. The lowest BCUT2D eigenvalue weighted by atomic mass is 9.41. The number of carbonyl (C=O) groups is 1. The van der Waals surface area contributed by atoms with E-state index in [0.29, 0.717) is 12.3 Å². The van der Waals surface area contributed by atoms with Gasteiger partial charge in [0, 0.05) is 24.7 Å². The third-order valence-corrected chi connectivity index (χ3v) is 16.3. The first-order valence-corrected chi connectivity index (χ1v) is 18.5. The zero-order chi connectivity index (χ0) is 34.8. The third kappa shape index (κ3) is 3.95. The van der Waals surface area contributed by atoms with Crippen LogP contribution in [0.25, 0.3) is 0 Å². The number of aliphatic hydroxyl groups excluding tert-OH is 4. The van der Waals surface area contributed by atoms with Crippen LogP contribution in [-0.4, -0.2) is 98.2 Å². The van der Waals surface area contributed by atoms with E-state index in [-0.39, 0.29) is 46.7 Å². The highest BCUT2D eigenvalue weighted by Gasteiger charge is 2.88. The molecule has 11 heteroatoms. The average Bonchev–Trinajstić information content (AvgIpc) is 3.84. The fourth-order valence-electron chi connectivity index (χ4n) is 14.3. The highest BCUT2D eigenvalue weighted by molar-refractivity contribution is 5.66. The van der Waals surface area contributed by atoms with Crippen molar-refractivity contribution >= 4 is 5.97 Å². The molecule has 0 amide bonds. The minimum Gasteiger partial charge on any atom is -0.430 e. The lowest BCUT2D eigenvalue weighted by molar-refractivity contribution is -0.406. The summed E-state index contributed by atoms with van der Waals surface area (Å²) in [6.07, 6.45) is 0.276. The van der Waals surface area contributed by atoms with E-state index in [2.05, 4.69) is 34.6 Å². The van der Waals surface area contributed by atoms with Crippen LogP contribution in [0.4, 0.5) is 0 Å². The normalized spacial score (nSPS) is 60.4. The first-order valence-electron chi connectivity index (χ1n) is 18.5. The molecule has 8 fully saturated rings. The zero-order valence-electron chi connectivity index (χ0n) is 29.9. The van der Waals surface area contributed by atoms with Crippen molar-refractivity contribution in [3.63, 3.8) is 0 Å². The molecule has 8 rings (SSSR count). The van der Waals surface area contributed by atoms with Crippen LogP contribution in [0.5, 0.6) is 0 Å². The summed E-state index contributed by atoms with van der Waals surface area (Å²) >= 11 is 0. The molecule has 0 radical (unpaired) electrons. The SMILES string of the molecule is CC(=O)O[C@@]1([C@H]2OC2(C)C)C[C@@H](C)[C@H]2[C@](O)(O1)[C@H](O)[C@@]1(C)[C@@H]3CC[C@H]4C(C)(C)[C@@H](O[C@H]5OC[C@H](O)[C@H](O)[C@H]5O)CC[C@@]45C[C@@]35CC[C@]21C. The summed E-state index contributed by atoms with van der Waals surface area (Å²) in [5, 5.41) is 56.2. The topological polar surface area (TPSA) is 168 Å².